The minimum Gasteiger partial charge on any atom is -0.495 e. The van der Waals surface area contributed by atoms with Crippen molar-refractivity contribution in [3.05, 3.63) is 66.7 Å². The molecule has 2 aromatic carbocycles. The highest BCUT2D eigenvalue weighted by atomic mass is 32.2. The molecule has 0 bridgehead atoms. The van der Waals surface area contributed by atoms with Crippen LogP contribution in [0, 0.1) is 0 Å². The summed E-state index contributed by atoms with van der Waals surface area (Å²) in [6, 6.07) is 14.3. The average molecular weight is 512 g/mol. The number of rotatable bonds is 9. The smallest absolute Gasteiger partial charge is 0.247 e. The molecule has 2 N–H and O–H groups in total. The summed E-state index contributed by atoms with van der Waals surface area (Å²) in [4.78, 5) is 24.3. The minimum absolute atomic E-state index is 0.0761. The predicted molar refractivity (Wildman–Crippen MR) is 138 cm³/mol. The Morgan fingerprint density at radius 1 is 1.19 bits per heavy atom. The zero-order valence-corrected chi connectivity index (χ0v) is 21.4. The Morgan fingerprint density at radius 3 is 2.58 bits per heavy atom. The van der Waals surface area contributed by atoms with Gasteiger partial charge in [-0.25, -0.2) is 8.42 Å². The standard InChI is InChI=1S/C27H33N3O5S/c1-3-25(31)29-22-14-17-30(27(19-22)15-7-16-27)36(33,34)24-12-11-21(18-23(24)35-2)28-26(32)13-10-20-8-5-4-6-9-20/h3-6,8-9,11-12,18,22H,1,7,10,13-17,19H2,2H3,(H,28,32)(H,29,31). The lowest BCUT2D eigenvalue weighted by molar-refractivity contribution is -0.118. The summed E-state index contributed by atoms with van der Waals surface area (Å²) in [5.41, 5.74) is 1.04. The van der Waals surface area contributed by atoms with Gasteiger partial charge in [-0.2, -0.15) is 4.31 Å². The van der Waals surface area contributed by atoms with Crippen LogP contribution in [-0.2, 0) is 26.0 Å². The van der Waals surface area contributed by atoms with Crippen LogP contribution in [0.15, 0.2) is 66.1 Å². The topological polar surface area (TPSA) is 105 Å². The molecule has 9 heteroatoms. The van der Waals surface area contributed by atoms with E-state index in [-0.39, 0.29) is 28.5 Å². The van der Waals surface area contributed by atoms with Crippen molar-refractivity contribution < 1.29 is 22.7 Å². The van der Waals surface area contributed by atoms with E-state index in [0.717, 1.165) is 24.8 Å². The third-order valence-corrected chi connectivity index (χ3v) is 9.19. The number of aryl methyl sites for hydroxylation is 1. The van der Waals surface area contributed by atoms with E-state index in [1.54, 1.807) is 16.4 Å². The number of carbonyl (C=O) groups is 2. The molecule has 1 saturated heterocycles. The molecular formula is C27H33N3O5S. The maximum absolute atomic E-state index is 13.8. The van der Waals surface area contributed by atoms with Crippen LogP contribution in [0.1, 0.15) is 44.1 Å². The molecule has 2 amide bonds. The van der Waals surface area contributed by atoms with Crippen molar-refractivity contribution >= 4 is 27.5 Å². The van der Waals surface area contributed by atoms with Gasteiger partial charge in [-0.05, 0) is 62.3 Å². The molecule has 1 atom stereocenters. The summed E-state index contributed by atoms with van der Waals surface area (Å²) in [5.74, 6) is -0.213. The highest BCUT2D eigenvalue weighted by Crippen LogP contribution is 2.47. The molecule has 1 unspecified atom stereocenters. The van der Waals surface area contributed by atoms with Gasteiger partial charge >= 0.3 is 0 Å². The van der Waals surface area contributed by atoms with Gasteiger partial charge in [0.05, 0.1) is 7.11 Å². The molecule has 2 aliphatic rings. The fourth-order valence-electron chi connectivity index (χ4n) is 5.17. The van der Waals surface area contributed by atoms with Gasteiger partial charge < -0.3 is 15.4 Å². The van der Waals surface area contributed by atoms with Gasteiger partial charge in [-0.1, -0.05) is 36.9 Å². The molecule has 0 aromatic heterocycles. The van der Waals surface area contributed by atoms with Crippen molar-refractivity contribution in [1.29, 1.82) is 0 Å². The molecule has 1 aliphatic heterocycles. The number of hydrogen-bond acceptors (Lipinski definition) is 5. The molecule has 192 valence electrons. The van der Waals surface area contributed by atoms with Crippen LogP contribution < -0.4 is 15.4 Å². The Kier molecular flexibility index (Phi) is 7.80. The number of carbonyl (C=O) groups excluding carboxylic acids is 2. The Balaban J connectivity index is 1.48. The number of piperidine rings is 1. The van der Waals surface area contributed by atoms with Gasteiger partial charge in [0.15, 0.2) is 0 Å². The van der Waals surface area contributed by atoms with E-state index in [4.69, 9.17) is 4.74 Å². The lowest BCUT2D eigenvalue weighted by Gasteiger charge is -2.54. The highest BCUT2D eigenvalue weighted by Gasteiger charge is 2.52. The summed E-state index contributed by atoms with van der Waals surface area (Å²) in [5, 5.41) is 5.77. The Morgan fingerprint density at radius 2 is 1.94 bits per heavy atom. The number of hydrogen-bond donors (Lipinski definition) is 2. The molecule has 36 heavy (non-hydrogen) atoms. The Hall–Kier alpha value is -3.17. The van der Waals surface area contributed by atoms with E-state index in [9.17, 15) is 18.0 Å². The fraction of sp³-hybridized carbons (Fsp3) is 0.407. The molecule has 4 rings (SSSR count). The molecular weight excluding hydrogens is 478 g/mol. The summed E-state index contributed by atoms with van der Waals surface area (Å²) in [6.07, 6.45) is 5.72. The number of amides is 2. The molecule has 1 saturated carbocycles. The van der Waals surface area contributed by atoms with E-state index < -0.39 is 15.6 Å². The Labute approximate surface area is 212 Å². The predicted octanol–water partition coefficient (Wildman–Crippen LogP) is 3.64. The van der Waals surface area contributed by atoms with E-state index >= 15 is 0 Å². The zero-order valence-electron chi connectivity index (χ0n) is 20.5. The van der Waals surface area contributed by atoms with Crippen molar-refractivity contribution in [1.82, 2.24) is 9.62 Å². The molecule has 1 aliphatic carbocycles. The van der Waals surface area contributed by atoms with Gasteiger partial charge in [0, 0.05) is 36.3 Å². The number of ether oxygens (including phenoxy) is 1. The van der Waals surface area contributed by atoms with Gasteiger partial charge in [0.2, 0.25) is 21.8 Å². The highest BCUT2D eigenvalue weighted by molar-refractivity contribution is 7.89. The normalized spacial score (nSPS) is 19.2. The number of benzene rings is 2. The van der Waals surface area contributed by atoms with Crippen LogP contribution >= 0.6 is 0 Å². The van der Waals surface area contributed by atoms with E-state index in [2.05, 4.69) is 17.2 Å². The third-order valence-electron chi connectivity index (χ3n) is 7.15. The monoisotopic (exact) mass is 511 g/mol. The van der Waals surface area contributed by atoms with Crippen LogP contribution in [0.4, 0.5) is 5.69 Å². The number of nitrogens with zero attached hydrogens (tertiary/aromatic N) is 1. The molecule has 2 fully saturated rings. The summed E-state index contributed by atoms with van der Waals surface area (Å²) < 4.78 is 34.7. The number of sulfonamides is 1. The lowest BCUT2D eigenvalue weighted by atomic mass is 9.70. The van der Waals surface area contributed by atoms with Crippen LogP contribution in [0.5, 0.6) is 5.75 Å². The van der Waals surface area contributed by atoms with Gasteiger partial charge in [-0.3, -0.25) is 9.59 Å². The van der Waals surface area contributed by atoms with Crippen LogP contribution in [0.2, 0.25) is 0 Å². The summed E-state index contributed by atoms with van der Waals surface area (Å²) in [6.45, 7) is 3.81. The van der Waals surface area contributed by atoms with Crippen LogP contribution in [0.3, 0.4) is 0 Å². The molecule has 8 nitrogen and oxygen atoms in total. The first-order chi connectivity index (χ1) is 17.3. The first kappa shape index (κ1) is 25.9. The molecule has 0 radical (unpaired) electrons. The second-order valence-electron chi connectivity index (χ2n) is 9.46. The molecule has 2 aromatic rings. The second-order valence-corrected chi connectivity index (χ2v) is 11.3. The lowest BCUT2D eigenvalue weighted by Crippen LogP contribution is -2.63. The molecule has 1 heterocycles. The first-order valence-corrected chi connectivity index (χ1v) is 13.7. The van der Waals surface area contributed by atoms with E-state index in [0.29, 0.717) is 37.9 Å². The van der Waals surface area contributed by atoms with Gasteiger partial charge in [0.25, 0.3) is 0 Å². The minimum atomic E-state index is -3.86. The SMILES string of the molecule is C=CC(=O)NC1CCN(S(=O)(=O)c2ccc(NC(=O)CCc3ccccc3)cc2OC)C2(CCC2)C1. The fourth-order valence-corrected chi connectivity index (χ4v) is 7.16. The molecule has 1 spiro atoms. The van der Waals surface area contributed by atoms with E-state index in [1.165, 1.54) is 19.3 Å². The average Bonchev–Trinajstić information content (AvgIpc) is 2.86. The number of methoxy groups -OCH3 is 1. The zero-order chi connectivity index (χ0) is 25.8. The van der Waals surface area contributed by atoms with Crippen molar-refractivity contribution in [3.63, 3.8) is 0 Å². The maximum atomic E-state index is 13.8. The van der Waals surface area contributed by atoms with Crippen molar-refractivity contribution in [2.45, 2.75) is 61.4 Å². The van der Waals surface area contributed by atoms with Crippen molar-refractivity contribution in [3.8, 4) is 5.75 Å². The maximum Gasteiger partial charge on any atom is 0.247 e. The van der Waals surface area contributed by atoms with Gasteiger partial charge in [0.1, 0.15) is 10.6 Å². The third kappa shape index (κ3) is 5.47. The number of anilines is 1. The van der Waals surface area contributed by atoms with E-state index in [1.807, 2.05) is 30.3 Å². The van der Waals surface area contributed by atoms with Crippen molar-refractivity contribution in [2.75, 3.05) is 19.0 Å². The quantitative estimate of drug-likeness (QED) is 0.500. The summed E-state index contributed by atoms with van der Waals surface area (Å²) >= 11 is 0. The summed E-state index contributed by atoms with van der Waals surface area (Å²) in [7, 11) is -2.44. The Bertz CT molecular complexity index is 1230. The first-order valence-electron chi connectivity index (χ1n) is 12.2. The largest absolute Gasteiger partial charge is 0.495 e. The second kappa shape index (κ2) is 10.8. The van der Waals surface area contributed by atoms with Crippen molar-refractivity contribution in [2.24, 2.45) is 0 Å². The number of nitrogens with one attached hydrogen (secondary N) is 2. The van der Waals surface area contributed by atoms with Crippen LogP contribution in [-0.4, -0.2) is 49.8 Å². The van der Waals surface area contributed by atoms with Gasteiger partial charge in [-0.15, -0.1) is 0 Å². The van der Waals surface area contributed by atoms with Crippen LogP contribution in [0.25, 0.3) is 0 Å².